The minimum atomic E-state index is -3.47. The van der Waals surface area contributed by atoms with E-state index in [-0.39, 0.29) is 4.90 Å². The maximum atomic E-state index is 12.7. The summed E-state index contributed by atoms with van der Waals surface area (Å²) in [4.78, 5) is 0.232. The third kappa shape index (κ3) is 3.70. The predicted octanol–water partition coefficient (Wildman–Crippen LogP) is 2.82. The Labute approximate surface area is 135 Å². The molecule has 0 unspecified atom stereocenters. The van der Waals surface area contributed by atoms with Crippen LogP contribution in [0.3, 0.4) is 0 Å². The zero-order valence-electron chi connectivity index (χ0n) is 12.7. The molecule has 7 heteroatoms. The fourth-order valence-corrected chi connectivity index (χ4v) is 5.19. The molecule has 21 heavy (non-hydrogen) atoms. The van der Waals surface area contributed by atoms with E-state index in [0.717, 1.165) is 12.8 Å². The molecule has 1 saturated heterocycles. The Morgan fingerprint density at radius 3 is 2.57 bits per heavy atom. The first kappa shape index (κ1) is 17.0. The Morgan fingerprint density at radius 2 is 2.05 bits per heavy atom. The summed E-state index contributed by atoms with van der Waals surface area (Å²) in [6, 6.07) is 1.60. The quantitative estimate of drug-likeness (QED) is 0.855. The van der Waals surface area contributed by atoms with Crippen molar-refractivity contribution in [1.29, 1.82) is 0 Å². The smallest absolute Gasteiger partial charge is 0.247 e. The highest BCUT2D eigenvalue weighted by Gasteiger charge is 2.33. The Balaban J connectivity index is 2.15. The van der Waals surface area contributed by atoms with Crippen LogP contribution in [0.2, 0.25) is 0 Å². The van der Waals surface area contributed by atoms with E-state index in [1.54, 1.807) is 17.4 Å². The maximum Gasteiger partial charge on any atom is 0.247 e. The summed E-state index contributed by atoms with van der Waals surface area (Å²) in [6.45, 7) is 6.08. The third-order valence-corrected chi connectivity index (χ3v) is 6.87. The molecule has 1 aliphatic rings. The summed E-state index contributed by atoms with van der Waals surface area (Å²) < 4.78 is 32.7. The first-order valence-electron chi connectivity index (χ1n) is 7.29. The summed E-state index contributed by atoms with van der Waals surface area (Å²) in [6.07, 6.45) is 1.85. The normalized spacial score (nSPS) is 18.5. The Kier molecular flexibility index (Phi) is 5.51. The van der Waals surface area contributed by atoms with E-state index in [1.807, 2.05) is 0 Å². The molecule has 1 aromatic rings. The fraction of sp³-hybridized carbons (Fsp3) is 0.714. The van der Waals surface area contributed by atoms with Crippen molar-refractivity contribution in [2.24, 2.45) is 11.8 Å². The van der Waals surface area contributed by atoms with Crippen LogP contribution in [0.4, 0.5) is 0 Å². The molecule has 5 nitrogen and oxygen atoms in total. The van der Waals surface area contributed by atoms with Gasteiger partial charge in [-0.3, -0.25) is 0 Å². The van der Waals surface area contributed by atoms with E-state index in [9.17, 15) is 8.42 Å². The van der Waals surface area contributed by atoms with Gasteiger partial charge < -0.3 is 9.73 Å². The van der Waals surface area contributed by atoms with E-state index in [0.29, 0.717) is 41.9 Å². The molecule has 0 atom stereocenters. The minimum Gasteiger partial charge on any atom is -0.452 e. The molecule has 2 rings (SSSR count). The molecule has 0 aliphatic carbocycles. The highest BCUT2D eigenvalue weighted by Crippen LogP contribution is 2.32. The lowest BCUT2D eigenvalue weighted by molar-refractivity contribution is 0.226. The molecule has 1 fully saturated rings. The van der Waals surface area contributed by atoms with Crippen molar-refractivity contribution in [2.75, 3.05) is 20.1 Å². The van der Waals surface area contributed by atoms with Crippen LogP contribution in [0.15, 0.2) is 20.0 Å². The molecular weight excluding hydrogens is 356 g/mol. The second-order valence-electron chi connectivity index (χ2n) is 5.87. The van der Waals surface area contributed by atoms with Gasteiger partial charge in [-0.2, -0.15) is 4.31 Å². The molecule has 120 valence electrons. The van der Waals surface area contributed by atoms with Crippen molar-refractivity contribution >= 4 is 26.0 Å². The average molecular weight is 379 g/mol. The van der Waals surface area contributed by atoms with Crippen LogP contribution in [0.25, 0.3) is 0 Å². The van der Waals surface area contributed by atoms with E-state index in [2.05, 4.69) is 35.1 Å². The van der Waals surface area contributed by atoms with Crippen LogP contribution < -0.4 is 5.32 Å². The Morgan fingerprint density at radius 1 is 1.43 bits per heavy atom. The fourth-order valence-electron chi connectivity index (χ4n) is 2.76. The Hall–Kier alpha value is -0.370. The monoisotopic (exact) mass is 378 g/mol. The van der Waals surface area contributed by atoms with Gasteiger partial charge in [-0.25, -0.2) is 8.42 Å². The summed E-state index contributed by atoms with van der Waals surface area (Å²) in [5.74, 6) is 1.84. The van der Waals surface area contributed by atoms with Gasteiger partial charge >= 0.3 is 0 Å². The first-order chi connectivity index (χ1) is 9.86. The van der Waals surface area contributed by atoms with Crippen LogP contribution in [-0.4, -0.2) is 32.9 Å². The number of hydrogen-bond acceptors (Lipinski definition) is 4. The summed E-state index contributed by atoms with van der Waals surface area (Å²) >= 11 is 3.22. The number of sulfonamides is 1. The molecule has 1 N–H and O–H groups in total. The molecular formula is C14H23BrN2O3S. The van der Waals surface area contributed by atoms with Crippen molar-refractivity contribution in [1.82, 2.24) is 9.62 Å². The van der Waals surface area contributed by atoms with Crippen molar-refractivity contribution < 1.29 is 12.8 Å². The van der Waals surface area contributed by atoms with Gasteiger partial charge in [-0.1, -0.05) is 13.8 Å². The number of rotatable bonds is 5. The van der Waals surface area contributed by atoms with E-state index in [1.165, 1.54) is 0 Å². The third-order valence-electron chi connectivity index (χ3n) is 4.12. The molecule has 1 aliphatic heterocycles. The van der Waals surface area contributed by atoms with Gasteiger partial charge in [0.2, 0.25) is 10.0 Å². The van der Waals surface area contributed by atoms with Crippen molar-refractivity contribution in [2.45, 2.75) is 38.1 Å². The second kappa shape index (κ2) is 6.81. The second-order valence-corrected chi connectivity index (χ2v) is 8.49. The van der Waals surface area contributed by atoms with Gasteiger partial charge in [0.1, 0.15) is 10.7 Å². The molecule has 0 aromatic carbocycles. The van der Waals surface area contributed by atoms with Gasteiger partial charge in [-0.05, 0) is 47.7 Å². The van der Waals surface area contributed by atoms with Crippen LogP contribution in [0, 0.1) is 11.8 Å². The predicted molar refractivity (Wildman–Crippen MR) is 85.5 cm³/mol. The largest absolute Gasteiger partial charge is 0.452 e. The standard InChI is InChI=1S/C14H23BrN2O3S/c1-10(2)11-4-6-17(7-5-11)21(18,19)13-8-12(9-16-3)20-14(13)15/h8,10-11,16H,4-7,9H2,1-3H3. The number of hydrogen-bond donors (Lipinski definition) is 1. The average Bonchev–Trinajstić information content (AvgIpc) is 2.81. The maximum absolute atomic E-state index is 12.7. The van der Waals surface area contributed by atoms with Crippen molar-refractivity contribution in [3.05, 3.63) is 16.5 Å². The molecule has 0 amide bonds. The van der Waals surface area contributed by atoms with Gasteiger partial charge in [0, 0.05) is 19.2 Å². The van der Waals surface area contributed by atoms with Gasteiger partial charge in [0.25, 0.3) is 0 Å². The minimum absolute atomic E-state index is 0.232. The van der Waals surface area contributed by atoms with Gasteiger partial charge in [0.05, 0.1) is 6.54 Å². The molecule has 0 saturated carbocycles. The van der Waals surface area contributed by atoms with Crippen LogP contribution in [0.1, 0.15) is 32.4 Å². The van der Waals surface area contributed by atoms with Crippen LogP contribution in [-0.2, 0) is 16.6 Å². The van der Waals surface area contributed by atoms with E-state index >= 15 is 0 Å². The number of furan rings is 1. The lowest BCUT2D eigenvalue weighted by atomic mass is 9.87. The SMILES string of the molecule is CNCc1cc(S(=O)(=O)N2CCC(C(C)C)CC2)c(Br)o1. The topological polar surface area (TPSA) is 62.6 Å². The lowest BCUT2D eigenvalue weighted by Gasteiger charge is -2.32. The number of piperidine rings is 1. The number of halogens is 1. The molecule has 0 spiro atoms. The Bertz CT molecular complexity index is 575. The first-order valence-corrected chi connectivity index (χ1v) is 9.52. The van der Waals surface area contributed by atoms with Gasteiger partial charge in [0.15, 0.2) is 4.67 Å². The van der Waals surface area contributed by atoms with Crippen LogP contribution >= 0.6 is 15.9 Å². The molecule has 0 radical (unpaired) electrons. The van der Waals surface area contributed by atoms with Crippen molar-refractivity contribution in [3.63, 3.8) is 0 Å². The summed E-state index contributed by atoms with van der Waals surface area (Å²) in [7, 11) is -1.68. The zero-order chi connectivity index (χ0) is 15.6. The van der Waals surface area contributed by atoms with Gasteiger partial charge in [-0.15, -0.1) is 0 Å². The zero-order valence-corrected chi connectivity index (χ0v) is 15.1. The number of nitrogens with one attached hydrogen (secondary N) is 1. The lowest BCUT2D eigenvalue weighted by Crippen LogP contribution is -2.39. The van der Waals surface area contributed by atoms with Crippen molar-refractivity contribution in [3.8, 4) is 0 Å². The van der Waals surface area contributed by atoms with E-state index < -0.39 is 10.0 Å². The summed E-state index contributed by atoms with van der Waals surface area (Å²) in [5.41, 5.74) is 0. The summed E-state index contributed by atoms with van der Waals surface area (Å²) in [5, 5.41) is 2.95. The number of nitrogens with zero attached hydrogens (tertiary/aromatic N) is 1. The molecule has 0 bridgehead atoms. The highest BCUT2D eigenvalue weighted by atomic mass is 79.9. The molecule has 2 heterocycles. The van der Waals surface area contributed by atoms with Crippen LogP contribution in [0.5, 0.6) is 0 Å². The molecule has 1 aromatic heterocycles. The van der Waals surface area contributed by atoms with E-state index in [4.69, 9.17) is 4.42 Å². The highest BCUT2D eigenvalue weighted by molar-refractivity contribution is 9.10.